The molecule has 1 aromatic carbocycles. The van der Waals surface area contributed by atoms with Gasteiger partial charge in [0.2, 0.25) is 5.91 Å². The molecule has 0 radical (unpaired) electrons. The van der Waals surface area contributed by atoms with Gasteiger partial charge in [-0.1, -0.05) is 17.7 Å². The number of benzene rings is 1. The lowest BCUT2D eigenvalue weighted by Crippen LogP contribution is -2.25. The van der Waals surface area contributed by atoms with Crippen molar-refractivity contribution >= 4 is 23.3 Å². The number of nitrogens with one attached hydrogen (secondary N) is 1. The number of nitrogens with zero attached hydrogens (tertiary/aromatic N) is 2. The Kier molecular flexibility index (Phi) is 3.01. The Bertz CT molecular complexity index is 690. The highest BCUT2D eigenvalue weighted by molar-refractivity contribution is 6.31. The van der Waals surface area contributed by atoms with Crippen LogP contribution in [0.2, 0.25) is 5.02 Å². The van der Waals surface area contributed by atoms with Gasteiger partial charge in [0.1, 0.15) is 11.6 Å². The summed E-state index contributed by atoms with van der Waals surface area (Å²) < 4.78 is 15.8. The van der Waals surface area contributed by atoms with Crippen LogP contribution in [0.1, 0.15) is 29.2 Å². The summed E-state index contributed by atoms with van der Waals surface area (Å²) in [5, 5.41) is 7.41. The lowest BCUT2D eigenvalue weighted by atomic mass is 9.85. The van der Waals surface area contributed by atoms with Crippen molar-refractivity contribution in [3.8, 4) is 0 Å². The first-order valence-electron chi connectivity index (χ1n) is 6.26. The summed E-state index contributed by atoms with van der Waals surface area (Å²) in [5.74, 6) is -0.347. The van der Waals surface area contributed by atoms with Crippen LogP contribution in [0.4, 0.5) is 10.2 Å². The SMILES string of the molecule is Cc1nn(C)c2c1[C@H](c1c(F)cccc1Cl)CC(=O)N2. The Morgan fingerprint density at radius 1 is 1.45 bits per heavy atom. The number of carbonyl (C=O) groups is 1. The molecule has 104 valence electrons. The van der Waals surface area contributed by atoms with E-state index in [0.717, 1.165) is 11.3 Å². The summed E-state index contributed by atoms with van der Waals surface area (Å²) in [5.41, 5.74) is 1.97. The van der Waals surface area contributed by atoms with Crippen molar-refractivity contribution in [1.29, 1.82) is 0 Å². The summed E-state index contributed by atoms with van der Waals surface area (Å²) in [4.78, 5) is 11.9. The topological polar surface area (TPSA) is 46.9 Å². The third-order valence-corrected chi connectivity index (χ3v) is 3.94. The van der Waals surface area contributed by atoms with Crippen LogP contribution in [0.15, 0.2) is 18.2 Å². The van der Waals surface area contributed by atoms with Crippen LogP contribution >= 0.6 is 11.6 Å². The normalized spacial score (nSPS) is 17.8. The molecule has 2 aromatic rings. The van der Waals surface area contributed by atoms with E-state index in [9.17, 15) is 9.18 Å². The first-order chi connectivity index (χ1) is 9.49. The molecule has 1 aromatic heterocycles. The highest BCUT2D eigenvalue weighted by Crippen LogP contribution is 2.42. The number of amides is 1. The summed E-state index contributed by atoms with van der Waals surface area (Å²) in [6.45, 7) is 1.85. The molecule has 1 atom stereocenters. The van der Waals surface area contributed by atoms with Gasteiger partial charge in [0, 0.05) is 35.5 Å². The van der Waals surface area contributed by atoms with Gasteiger partial charge in [0.05, 0.1) is 5.69 Å². The number of aromatic nitrogens is 2. The van der Waals surface area contributed by atoms with Crippen molar-refractivity contribution in [1.82, 2.24) is 9.78 Å². The molecule has 0 bridgehead atoms. The molecular formula is C14H13ClFN3O. The number of halogens is 2. The molecule has 1 aliphatic heterocycles. The number of rotatable bonds is 1. The number of hydrogen-bond donors (Lipinski definition) is 1. The smallest absolute Gasteiger partial charge is 0.226 e. The standard InChI is InChI=1S/C14H13ClFN3O/c1-7-12-8(13-9(15)4-3-5-10(13)16)6-11(20)17-14(12)19(2)18-7/h3-5,8H,6H2,1-2H3,(H,17,20)/t8-/m1/s1. The lowest BCUT2D eigenvalue weighted by molar-refractivity contribution is -0.116. The first kappa shape index (κ1) is 13.1. The predicted octanol–water partition coefficient (Wildman–Crippen LogP) is 3.00. The summed E-state index contributed by atoms with van der Waals surface area (Å²) >= 11 is 6.14. The van der Waals surface area contributed by atoms with Crippen molar-refractivity contribution in [2.24, 2.45) is 7.05 Å². The molecule has 0 saturated heterocycles. The van der Waals surface area contributed by atoms with E-state index >= 15 is 0 Å². The third kappa shape index (κ3) is 1.89. The van der Waals surface area contributed by atoms with Crippen molar-refractivity contribution in [2.45, 2.75) is 19.3 Å². The average Bonchev–Trinajstić information content (AvgIpc) is 2.64. The molecule has 1 amide bonds. The van der Waals surface area contributed by atoms with Crippen molar-refractivity contribution in [2.75, 3.05) is 5.32 Å². The molecule has 1 N–H and O–H groups in total. The van der Waals surface area contributed by atoms with Gasteiger partial charge in [-0.15, -0.1) is 0 Å². The maximum Gasteiger partial charge on any atom is 0.226 e. The second kappa shape index (κ2) is 4.59. The first-order valence-corrected chi connectivity index (χ1v) is 6.64. The predicted molar refractivity (Wildman–Crippen MR) is 74.4 cm³/mol. The zero-order valence-corrected chi connectivity index (χ0v) is 11.8. The number of hydrogen-bond acceptors (Lipinski definition) is 2. The van der Waals surface area contributed by atoms with E-state index < -0.39 is 11.7 Å². The van der Waals surface area contributed by atoms with Gasteiger partial charge >= 0.3 is 0 Å². The van der Waals surface area contributed by atoms with Crippen LogP contribution in [0.5, 0.6) is 0 Å². The van der Waals surface area contributed by atoms with Gasteiger partial charge in [0.25, 0.3) is 0 Å². The lowest BCUT2D eigenvalue weighted by Gasteiger charge is -2.25. The second-order valence-electron chi connectivity index (χ2n) is 4.91. The fraction of sp³-hybridized carbons (Fsp3) is 0.286. The van der Waals surface area contributed by atoms with E-state index in [1.165, 1.54) is 6.07 Å². The van der Waals surface area contributed by atoms with Crippen molar-refractivity contribution in [3.05, 3.63) is 45.9 Å². The number of anilines is 1. The molecule has 0 spiro atoms. The van der Waals surface area contributed by atoms with Crippen LogP contribution in [-0.2, 0) is 11.8 Å². The molecule has 1 aliphatic rings. The fourth-order valence-corrected chi connectivity index (χ4v) is 3.10. The third-order valence-electron chi connectivity index (χ3n) is 3.61. The van der Waals surface area contributed by atoms with E-state index in [1.54, 1.807) is 23.9 Å². The Morgan fingerprint density at radius 3 is 2.90 bits per heavy atom. The van der Waals surface area contributed by atoms with Gasteiger partial charge < -0.3 is 5.32 Å². The average molecular weight is 294 g/mol. The van der Waals surface area contributed by atoms with Crippen molar-refractivity contribution in [3.63, 3.8) is 0 Å². The van der Waals surface area contributed by atoms with E-state index in [4.69, 9.17) is 11.6 Å². The van der Waals surface area contributed by atoms with Crippen LogP contribution in [-0.4, -0.2) is 15.7 Å². The minimum Gasteiger partial charge on any atom is -0.311 e. The fourth-order valence-electron chi connectivity index (χ4n) is 2.80. The molecule has 20 heavy (non-hydrogen) atoms. The summed E-state index contributed by atoms with van der Waals surface area (Å²) in [7, 11) is 1.75. The van der Waals surface area contributed by atoms with E-state index in [2.05, 4.69) is 10.4 Å². The molecule has 0 aliphatic carbocycles. The molecule has 6 heteroatoms. The van der Waals surface area contributed by atoms with Crippen LogP contribution in [0.25, 0.3) is 0 Å². The number of fused-ring (bicyclic) bond motifs is 1. The largest absolute Gasteiger partial charge is 0.311 e. The Balaban J connectivity index is 2.24. The number of aryl methyl sites for hydroxylation is 2. The van der Waals surface area contributed by atoms with E-state index in [1.807, 2.05) is 6.92 Å². The maximum atomic E-state index is 14.2. The molecule has 0 fully saturated rings. The second-order valence-corrected chi connectivity index (χ2v) is 5.32. The summed E-state index contributed by atoms with van der Waals surface area (Å²) in [6.07, 6.45) is 0.167. The monoisotopic (exact) mass is 293 g/mol. The zero-order valence-electron chi connectivity index (χ0n) is 11.1. The maximum absolute atomic E-state index is 14.2. The molecule has 0 saturated carbocycles. The van der Waals surface area contributed by atoms with E-state index in [-0.39, 0.29) is 12.3 Å². The van der Waals surface area contributed by atoms with Crippen LogP contribution in [0.3, 0.4) is 0 Å². The highest BCUT2D eigenvalue weighted by atomic mass is 35.5. The highest BCUT2D eigenvalue weighted by Gasteiger charge is 2.34. The van der Waals surface area contributed by atoms with Crippen molar-refractivity contribution < 1.29 is 9.18 Å². The van der Waals surface area contributed by atoms with E-state index in [0.29, 0.717) is 16.4 Å². The Morgan fingerprint density at radius 2 is 2.20 bits per heavy atom. The molecule has 2 heterocycles. The van der Waals surface area contributed by atoms with Gasteiger partial charge in [0.15, 0.2) is 0 Å². The molecular weight excluding hydrogens is 281 g/mol. The summed E-state index contributed by atoms with van der Waals surface area (Å²) in [6, 6.07) is 4.55. The Labute approximate surface area is 120 Å². The minimum absolute atomic E-state index is 0.162. The molecule has 4 nitrogen and oxygen atoms in total. The van der Waals surface area contributed by atoms with Gasteiger partial charge in [-0.2, -0.15) is 5.10 Å². The van der Waals surface area contributed by atoms with Gasteiger partial charge in [-0.3, -0.25) is 9.48 Å². The molecule has 0 unspecified atom stereocenters. The van der Waals surface area contributed by atoms with Gasteiger partial charge in [-0.05, 0) is 19.1 Å². The number of carbonyl (C=O) groups excluding carboxylic acids is 1. The van der Waals surface area contributed by atoms with Gasteiger partial charge in [-0.25, -0.2) is 4.39 Å². The Hall–Kier alpha value is -1.88. The minimum atomic E-state index is -0.402. The van der Waals surface area contributed by atoms with Crippen LogP contribution < -0.4 is 5.32 Å². The quantitative estimate of drug-likeness (QED) is 0.878. The van der Waals surface area contributed by atoms with Crippen LogP contribution in [0, 0.1) is 12.7 Å². The molecule has 3 rings (SSSR count). The zero-order chi connectivity index (χ0) is 14.4.